The van der Waals surface area contributed by atoms with Gasteiger partial charge >= 0.3 is 33.5 Å². The Labute approximate surface area is 164 Å². The molecule has 0 bridgehead atoms. The maximum absolute atomic E-state index is 13.5. The SMILES string of the molecule is O=C(OCC1CSC2(CCCCC2OC(=O)C(F)(F)S(=O)(=O)O)S1)C(F)(F)F. The first kappa shape index (κ1) is 23.5. The van der Waals surface area contributed by atoms with E-state index in [1.165, 1.54) is 0 Å². The number of esters is 2. The average molecular weight is 474 g/mol. The lowest BCUT2D eigenvalue weighted by Crippen LogP contribution is -2.47. The topological polar surface area (TPSA) is 107 Å². The zero-order valence-corrected chi connectivity index (χ0v) is 16.4. The summed E-state index contributed by atoms with van der Waals surface area (Å²) in [6.07, 6.45) is -4.69. The lowest BCUT2D eigenvalue weighted by atomic mass is 9.96. The van der Waals surface area contributed by atoms with Crippen molar-refractivity contribution in [3.63, 3.8) is 0 Å². The maximum atomic E-state index is 13.5. The van der Waals surface area contributed by atoms with Crippen molar-refractivity contribution in [1.82, 2.24) is 0 Å². The minimum atomic E-state index is -6.02. The molecule has 1 N–H and O–H groups in total. The Hall–Kier alpha value is -0.800. The summed E-state index contributed by atoms with van der Waals surface area (Å²) in [4.78, 5) is 22.4. The van der Waals surface area contributed by atoms with Crippen molar-refractivity contribution >= 4 is 45.6 Å². The largest absolute Gasteiger partial charge is 0.490 e. The number of carbonyl (C=O) groups excluding carboxylic acids is 2. The van der Waals surface area contributed by atoms with Crippen molar-refractivity contribution in [2.75, 3.05) is 12.4 Å². The van der Waals surface area contributed by atoms with E-state index >= 15 is 0 Å². The summed E-state index contributed by atoms with van der Waals surface area (Å²) in [6, 6.07) is 0. The predicted molar refractivity (Wildman–Crippen MR) is 88.4 cm³/mol. The molecular weight excluding hydrogens is 459 g/mol. The molecule has 0 aromatic carbocycles. The molecule has 15 heteroatoms. The van der Waals surface area contributed by atoms with E-state index in [-0.39, 0.29) is 12.2 Å². The Morgan fingerprint density at radius 1 is 1.14 bits per heavy atom. The number of rotatable bonds is 5. The summed E-state index contributed by atoms with van der Waals surface area (Å²) in [5, 5.41) is -5.74. The Kier molecular flexibility index (Phi) is 6.83. The average Bonchev–Trinajstić information content (AvgIpc) is 2.96. The minimum absolute atomic E-state index is 0.127. The van der Waals surface area contributed by atoms with Crippen LogP contribution in [-0.2, 0) is 29.2 Å². The van der Waals surface area contributed by atoms with Gasteiger partial charge in [-0.25, -0.2) is 9.59 Å². The van der Waals surface area contributed by atoms with E-state index < -0.39 is 55.5 Å². The molecule has 1 aliphatic heterocycles. The van der Waals surface area contributed by atoms with E-state index in [1.54, 1.807) is 0 Å². The van der Waals surface area contributed by atoms with Crippen LogP contribution in [0.3, 0.4) is 0 Å². The van der Waals surface area contributed by atoms with Gasteiger partial charge in [-0.2, -0.15) is 30.4 Å². The van der Waals surface area contributed by atoms with Crippen LogP contribution in [-0.4, -0.2) is 64.1 Å². The Bertz CT molecular complexity index is 727. The molecule has 28 heavy (non-hydrogen) atoms. The lowest BCUT2D eigenvalue weighted by Gasteiger charge is -2.39. The first-order valence-corrected chi connectivity index (χ1v) is 11.1. The van der Waals surface area contributed by atoms with Crippen LogP contribution in [0.4, 0.5) is 22.0 Å². The molecule has 7 nitrogen and oxygen atoms in total. The van der Waals surface area contributed by atoms with Gasteiger partial charge < -0.3 is 9.47 Å². The summed E-state index contributed by atoms with van der Waals surface area (Å²) in [6.45, 7) is -0.570. The molecule has 3 unspecified atom stereocenters. The highest BCUT2D eigenvalue weighted by molar-refractivity contribution is 8.21. The summed E-state index contributed by atoms with van der Waals surface area (Å²) < 4.78 is 101. The second-order valence-electron chi connectivity index (χ2n) is 6.09. The van der Waals surface area contributed by atoms with E-state index in [9.17, 15) is 40.0 Å². The van der Waals surface area contributed by atoms with Gasteiger partial charge in [0, 0.05) is 11.0 Å². The molecule has 0 radical (unpaired) electrons. The number of thioether (sulfide) groups is 2. The van der Waals surface area contributed by atoms with E-state index in [2.05, 4.69) is 4.74 Å². The Morgan fingerprint density at radius 2 is 1.79 bits per heavy atom. The van der Waals surface area contributed by atoms with Crippen molar-refractivity contribution < 1.29 is 54.0 Å². The number of hydrogen-bond donors (Lipinski definition) is 1. The molecule has 2 aliphatic rings. The van der Waals surface area contributed by atoms with E-state index in [1.807, 2.05) is 0 Å². The second kappa shape index (κ2) is 8.14. The van der Waals surface area contributed by atoms with Gasteiger partial charge in [-0.05, 0) is 19.3 Å². The van der Waals surface area contributed by atoms with Crippen LogP contribution in [0.1, 0.15) is 25.7 Å². The first-order chi connectivity index (χ1) is 12.7. The monoisotopic (exact) mass is 474 g/mol. The summed E-state index contributed by atoms with van der Waals surface area (Å²) in [5.41, 5.74) is 0. The molecule has 1 aliphatic carbocycles. The van der Waals surface area contributed by atoms with Crippen molar-refractivity contribution in [2.45, 2.75) is 52.5 Å². The third-order valence-electron chi connectivity index (χ3n) is 4.05. The third-order valence-corrected chi connectivity index (χ3v) is 8.75. The molecule has 1 heterocycles. The fourth-order valence-electron chi connectivity index (χ4n) is 2.75. The van der Waals surface area contributed by atoms with Gasteiger partial charge in [0.15, 0.2) is 0 Å². The number of hydrogen-bond acceptors (Lipinski definition) is 8. The second-order valence-corrected chi connectivity index (χ2v) is 10.8. The standard InChI is InChI=1S/C13H15F5O7S3/c14-12(15,16)9(19)24-5-7-6-26-11(27-7)4-2-1-3-8(11)25-10(20)13(17,18)28(21,22)23/h7-8H,1-6H2,(H,21,22,23). The van der Waals surface area contributed by atoms with Gasteiger partial charge in [-0.15, -0.1) is 23.5 Å². The number of alkyl halides is 5. The van der Waals surface area contributed by atoms with Gasteiger partial charge in [0.2, 0.25) is 0 Å². The van der Waals surface area contributed by atoms with Crippen LogP contribution < -0.4 is 0 Å². The Morgan fingerprint density at radius 3 is 2.36 bits per heavy atom. The predicted octanol–water partition coefficient (Wildman–Crippen LogP) is 2.60. The normalized spacial score (nSPS) is 28.9. The highest BCUT2D eigenvalue weighted by Gasteiger charge is 2.58. The zero-order chi connectivity index (χ0) is 21.4. The minimum Gasteiger partial charge on any atom is -0.458 e. The van der Waals surface area contributed by atoms with Crippen LogP contribution in [0.5, 0.6) is 0 Å². The quantitative estimate of drug-likeness (QED) is 0.366. The molecule has 0 aromatic rings. The van der Waals surface area contributed by atoms with Crippen molar-refractivity contribution in [3.8, 4) is 0 Å². The van der Waals surface area contributed by atoms with Gasteiger partial charge in [0.05, 0.1) is 4.08 Å². The fourth-order valence-corrected chi connectivity index (χ4v) is 6.86. The van der Waals surface area contributed by atoms with Gasteiger partial charge in [0.1, 0.15) is 12.7 Å². The Balaban J connectivity index is 2.05. The van der Waals surface area contributed by atoms with Crippen LogP contribution in [0, 0.1) is 0 Å². The van der Waals surface area contributed by atoms with Crippen LogP contribution >= 0.6 is 23.5 Å². The van der Waals surface area contributed by atoms with Crippen LogP contribution in [0.15, 0.2) is 0 Å². The number of ether oxygens (including phenoxy) is 2. The molecule has 2 rings (SSSR count). The van der Waals surface area contributed by atoms with E-state index in [0.29, 0.717) is 19.3 Å². The molecule has 162 valence electrons. The van der Waals surface area contributed by atoms with Crippen molar-refractivity contribution in [1.29, 1.82) is 0 Å². The third kappa shape index (κ3) is 5.02. The molecule has 0 amide bonds. The number of carbonyl (C=O) groups is 2. The van der Waals surface area contributed by atoms with Crippen LogP contribution in [0.25, 0.3) is 0 Å². The van der Waals surface area contributed by atoms with Gasteiger partial charge in [-0.3, -0.25) is 4.55 Å². The fraction of sp³-hybridized carbons (Fsp3) is 0.846. The van der Waals surface area contributed by atoms with Crippen molar-refractivity contribution in [3.05, 3.63) is 0 Å². The molecule has 3 atom stereocenters. The molecule has 1 saturated carbocycles. The van der Waals surface area contributed by atoms with Crippen molar-refractivity contribution in [2.24, 2.45) is 0 Å². The zero-order valence-electron chi connectivity index (χ0n) is 13.9. The summed E-state index contributed by atoms with van der Waals surface area (Å²) >= 11 is 2.20. The van der Waals surface area contributed by atoms with Crippen LogP contribution in [0.2, 0.25) is 0 Å². The summed E-state index contributed by atoms with van der Waals surface area (Å²) in [5.74, 6) is -4.56. The first-order valence-electron chi connectivity index (χ1n) is 7.81. The molecule has 0 aromatic heterocycles. The molecule has 2 fully saturated rings. The van der Waals surface area contributed by atoms with Gasteiger partial charge in [0.25, 0.3) is 0 Å². The number of halogens is 5. The molecular formula is C13H15F5O7S3. The lowest BCUT2D eigenvalue weighted by molar-refractivity contribution is -0.199. The van der Waals surface area contributed by atoms with Gasteiger partial charge in [-0.1, -0.05) is 6.42 Å². The maximum Gasteiger partial charge on any atom is 0.490 e. The smallest absolute Gasteiger partial charge is 0.458 e. The van der Waals surface area contributed by atoms with E-state index in [4.69, 9.17) is 9.29 Å². The highest BCUT2D eigenvalue weighted by atomic mass is 32.2. The summed E-state index contributed by atoms with van der Waals surface area (Å²) in [7, 11) is -6.02. The molecule has 1 spiro atoms. The highest BCUT2D eigenvalue weighted by Crippen LogP contribution is 2.57. The molecule has 1 saturated heterocycles. The van der Waals surface area contributed by atoms with E-state index in [0.717, 1.165) is 23.5 Å².